The molecule has 0 fully saturated rings. The van der Waals surface area contributed by atoms with Gasteiger partial charge in [-0.1, -0.05) is 0 Å². The van der Waals surface area contributed by atoms with Crippen LogP contribution in [0.5, 0.6) is 0 Å². The van der Waals surface area contributed by atoms with Crippen molar-refractivity contribution in [1.82, 2.24) is 10.3 Å². The number of hydrogen-bond donors (Lipinski definition) is 2. The standard InChI is InChI=1S/C9H9F4N3O/c10-5-3-6(7(14)16-4-5)8(17)15-2-1-9(11,12)13/h3-4H,1-2H2,(H2,14,16)(H,15,17). The van der Waals surface area contributed by atoms with E-state index in [0.717, 1.165) is 12.3 Å². The number of carbonyl (C=O) groups is 1. The number of rotatable bonds is 3. The van der Waals surface area contributed by atoms with Gasteiger partial charge in [-0.25, -0.2) is 9.37 Å². The number of alkyl halides is 3. The largest absolute Gasteiger partial charge is 0.390 e. The highest BCUT2D eigenvalue weighted by Gasteiger charge is 2.26. The van der Waals surface area contributed by atoms with Gasteiger partial charge in [-0.15, -0.1) is 0 Å². The first kappa shape index (κ1) is 13.2. The molecule has 1 heterocycles. The lowest BCUT2D eigenvalue weighted by Crippen LogP contribution is -2.28. The Labute approximate surface area is 93.8 Å². The number of nitrogens with two attached hydrogens (primary N) is 1. The van der Waals surface area contributed by atoms with E-state index in [9.17, 15) is 22.4 Å². The molecule has 1 amide bonds. The molecule has 4 nitrogen and oxygen atoms in total. The van der Waals surface area contributed by atoms with Crippen LogP contribution >= 0.6 is 0 Å². The highest BCUT2D eigenvalue weighted by atomic mass is 19.4. The molecular formula is C9H9F4N3O. The Morgan fingerprint density at radius 3 is 2.71 bits per heavy atom. The number of anilines is 1. The summed E-state index contributed by atoms with van der Waals surface area (Å²) in [4.78, 5) is 14.7. The van der Waals surface area contributed by atoms with Gasteiger partial charge in [0.2, 0.25) is 0 Å². The van der Waals surface area contributed by atoms with Crippen LogP contribution in [-0.4, -0.2) is 23.6 Å². The van der Waals surface area contributed by atoms with Crippen LogP contribution in [0.2, 0.25) is 0 Å². The zero-order chi connectivity index (χ0) is 13.1. The minimum Gasteiger partial charge on any atom is -0.383 e. The van der Waals surface area contributed by atoms with Crippen molar-refractivity contribution in [2.45, 2.75) is 12.6 Å². The summed E-state index contributed by atoms with van der Waals surface area (Å²) in [5.41, 5.74) is 5.00. The van der Waals surface area contributed by atoms with Crippen molar-refractivity contribution >= 4 is 11.7 Å². The van der Waals surface area contributed by atoms with Gasteiger partial charge < -0.3 is 11.1 Å². The number of nitrogen functional groups attached to an aromatic ring is 1. The topological polar surface area (TPSA) is 68.0 Å². The maximum atomic E-state index is 12.7. The van der Waals surface area contributed by atoms with Gasteiger partial charge in [0.25, 0.3) is 5.91 Å². The Balaban J connectivity index is 2.61. The molecule has 0 aliphatic carbocycles. The molecule has 0 aliphatic heterocycles. The normalized spacial score (nSPS) is 11.3. The number of hydrogen-bond acceptors (Lipinski definition) is 3. The second kappa shape index (κ2) is 4.98. The minimum absolute atomic E-state index is 0.240. The molecule has 8 heteroatoms. The highest BCUT2D eigenvalue weighted by molar-refractivity contribution is 5.98. The lowest BCUT2D eigenvalue weighted by Gasteiger charge is -2.08. The Bertz CT molecular complexity index is 419. The van der Waals surface area contributed by atoms with Crippen LogP contribution in [0.15, 0.2) is 12.3 Å². The predicted octanol–water partition coefficient (Wildman–Crippen LogP) is 1.49. The number of nitrogens with zero attached hydrogens (tertiary/aromatic N) is 1. The van der Waals surface area contributed by atoms with E-state index in [-0.39, 0.29) is 11.4 Å². The van der Waals surface area contributed by atoms with Crippen molar-refractivity contribution in [3.63, 3.8) is 0 Å². The summed E-state index contributed by atoms with van der Waals surface area (Å²) in [6.07, 6.45) is -4.72. The van der Waals surface area contributed by atoms with Gasteiger partial charge in [-0.05, 0) is 6.07 Å². The molecule has 1 rings (SSSR count). The van der Waals surface area contributed by atoms with Crippen LogP contribution in [-0.2, 0) is 0 Å². The van der Waals surface area contributed by atoms with E-state index in [0.29, 0.717) is 0 Å². The first-order valence-electron chi connectivity index (χ1n) is 4.55. The molecule has 0 aromatic carbocycles. The lowest BCUT2D eigenvalue weighted by atomic mass is 10.2. The van der Waals surface area contributed by atoms with Crippen LogP contribution < -0.4 is 11.1 Å². The summed E-state index contributed by atoms with van der Waals surface area (Å²) in [6.45, 7) is -0.599. The molecule has 3 N–H and O–H groups in total. The van der Waals surface area contributed by atoms with Gasteiger partial charge in [0.05, 0.1) is 18.2 Å². The minimum atomic E-state index is -4.36. The molecule has 1 aromatic heterocycles. The van der Waals surface area contributed by atoms with Crippen LogP contribution in [0.3, 0.4) is 0 Å². The van der Waals surface area contributed by atoms with E-state index in [2.05, 4.69) is 4.98 Å². The van der Waals surface area contributed by atoms with E-state index in [4.69, 9.17) is 5.73 Å². The van der Waals surface area contributed by atoms with Gasteiger partial charge >= 0.3 is 6.18 Å². The summed E-state index contributed by atoms with van der Waals surface area (Å²) in [5, 5.41) is 1.98. The summed E-state index contributed by atoms with van der Waals surface area (Å²) < 4.78 is 48.2. The Morgan fingerprint density at radius 2 is 2.12 bits per heavy atom. The molecule has 1 aromatic rings. The number of halogens is 4. The van der Waals surface area contributed by atoms with E-state index >= 15 is 0 Å². The van der Waals surface area contributed by atoms with Crippen LogP contribution in [0.25, 0.3) is 0 Å². The number of nitrogens with one attached hydrogen (secondary N) is 1. The Hall–Kier alpha value is -1.86. The quantitative estimate of drug-likeness (QED) is 0.799. The smallest absolute Gasteiger partial charge is 0.383 e. The molecule has 0 atom stereocenters. The molecule has 0 bridgehead atoms. The van der Waals surface area contributed by atoms with E-state index in [1.165, 1.54) is 0 Å². The van der Waals surface area contributed by atoms with E-state index in [1.807, 2.05) is 5.32 Å². The molecule has 17 heavy (non-hydrogen) atoms. The Morgan fingerprint density at radius 1 is 1.47 bits per heavy atom. The molecular weight excluding hydrogens is 242 g/mol. The second-order valence-corrected chi connectivity index (χ2v) is 3.21. The number of carbonyl (C=O) groups excluding carboxylic acids is 1. The zero-order valence-electron chi connectivity index (χ0n) is 8.51. The number of amides is 1. The van der Waals surface area contributed by atoms with Crippen molar-refractivity contribution in [3.05, 3.63) is 23.6 Å². The van der Waals surface area contributed by atoms with Crippen LogP contribution in [0.1, 0.15) is 16.8 Å². The summed E-state index contributed by atoms with van der Waals surface area (Å²) in [5.74, 6) is -1.92. The SMILES string of the molecule is Nc1ncc(F)cc1C(=O)NCCC(F)(F)F. The fraction of sp³-hybridized carbons (Fsp3) is 0.333. The van der Waals surface area contributed by atoms with Gasteiger partial charge in [0.15, 0.2) is 0 Å². The van der Waals surface area contributed by atoms with Crippen molar-refractivity contribution in [1.29, 1.82) is 0 Å². The van der Waals surface area contributed by atoms with Gasteiger partial charge in [0, 0.05) is 6.54 Å². The summed E-state index contributed by atoms with van der Waals surface area (Å²) in [6, 6.07) is 0.811. The lowest BCUT2D eigenvalue weighted by molar-refractivity contribution is -0.132. The first-order chi connectivity index (χ1) is 7.79. The number of pyridine rings is 1. The fourth-order valence-corrected chi connectivity index (χ4v) is 1.04. The third-order valence-corrected chi connectivity index (χ3v) is 1.82. The van der Waals surface area contributed by atoms with Crippen molar-refractivity contribution in [3.8, 4) is 0 Å². The average molecular weight is 251 g/mol. The molecule has 0 radical (unpaired) electrons. The predicted molar refractivity (Wildman–Crippen MR) is 51.6 cm³/mol. The summed E-state index contributed by atoms with van der Waals surface area (Å²) >= 11 is 0. The number of aromatic nitrogens is 1. The third-order valence-electron chi connectivity index (χ3n) is 1.82. The Kier molecular flexibility index (Phi) is 3.87. The first-order valence-corrected chi connectivity index (χ1v) is 4.55. The molecule has 0 saturated heterocycles. The maximum absolute atomic E-state index is 12.7. The monoisotopic (exact) mass is 251 g/mol. The zero-order valence-corrected chi connectivity index (χ0v) is 8.51. The van der Waals surface area contributed by atoms with Crippen LogP contribution in [0, 0.1) is 5.82 Å². The van der Waals surface area contributed by atoms with Crippen LogP contribution in [0.4, 0.5) is 23.4 Å². The molecule has 0 spiro atoms. The van der Waals surface area contributed by atoms with Gasteiger partial charge in [0.1, 0.15) is 11.6 Å². The van der Waals surface area contributed by atoms with Gasteiger partial charge in [-0.2, -0.15) is 13.2 Å². The van der Waals surface area contributed by atoms with Crippen molar-refractivity contribution < 1.29 is 22.4 Å². The third kappa shape index (κ3) is 4.25. The summed E-state index contributed by atoms with van der Waals surface area (Å²) in [7, 11) is 0. The van der Waals surface area contributed by atoms with Gasteiger partial charge in [-0.3, -0.25) is 4.79 Å². The van der Waals surface area contributed by atoms with E-state index in [1.54, 1.807) is 0 Å². The fourth-order valence-electron chi connectivity index (χ4n) is 1.04. The van der Waals surface area contributed by atoms with E-state index < -0.39 is 30.9 Å². The maximum Gasteiger partial charge on any atom is 0.390 e. The molecule has 0 saturated carbocycles. The van der Waals surface area contributed by atoms with Crippen molar-refractivity contribution in [2.75, 3.05) is 12.3 Å². The average Bonchev–Trinajstić information content (AvgIpc) is 2.19. The second-order valence-electron chi connectivity index (χ2n) is 3.21. The highest BCUT2D eigenvalue weighted by Crippen LogP contribution is 2.18. The molecule has 0 aliphatic rings. The molecule has 0 unspecified atom stereocenters. The van der Waals surface area contributed by atoms with Crippen molar-refractivity contribution in [2.24, 2.45) is 0 Å². The molecule has 94 valence electrons.